The average molecular weight is 255 g/mol. The summed E-state index contributed by atoms with van der Waals surface area (Å²) in [6, 6.07) is 2.46. The van der Waals surface area contributed by atoms with Crippen molar-refractivity contribution in [3.63, 3.8) is 0 Å². The second-order valence-corrected chi connectivity index (χ2v) is 3.62. The molecule has 98 valence electrons. The smallest absolute Gasteiger partial charge is 0.326 e. The summed E-state index contributed by atoms with van der Waals surface area (Å²) in [6.45, 7) is 1.63. The van der Waals surface area contributed by atoms with E-state index in [0.717, 1.165) is 12.1 Å². The van der Waals surface area contributed by atoms with Crippen molar-refractivity contribution in [2.24, 2.45) is 0 Å². The maximum absolute atomic E-state index is 13.1. The second-order valence-electron chi connectivity index (χ2n) is 3.62. The van der Waals surface area contributed by atoms with Crippen LogP contribution < -0.4 is 10.1 Å². The van der Waals surface area contributed by atoms with E-state index >= 15 is 0 Å². The van der Waals surface area contributed by atoms with Crippen LogP contribution in [0.5, 0.6) is 5.75 Å². The van der Waals surface area contributed by atoms with Gasteiger partial charge < -0.3 is 15.2 Å². The Hall–Kier alpha value is -2.11. The molecule has 0 radical (unpaired) electrons. The monoisotopic (exact) mass is 255 g/mol. The molecule has 1 atom stereocenters. The number of halogens is 1. The molecule has 5 nitrogen and oxygen atoms in total. The Balaban J connectivity index is 2.96. The Morgan fingerprint density at radius 2 is 2.17 bits per heavy atom. The van der Waals surface area contributed by atoms with Crippen LogP contribution >= 0.6 is 0 Å². The van der Waals surface area contributed by atoms with E-state index in [4.69, 9.17) is 9.84 Å². The van der Waals surface area contributed by atoms with Gasteiger partial charge in [-0.05, 0) is 24.6 Å². The van der Waals surface area contributed by atoms with E-state index in [0.29, 0.717) is 0 Å². The van der Waals surface area contributed by atoms with Gasteiger partial charge in [0.15, 0.2) is 0 Å². The lowest BCUT2D eigenvalue weighted by molar-refractivity contribution is -0.139. The number of hydrogen-bond acceptors (Lipinski definition) is 3. The first kappa shape index (κ1) is 14.0. The van der Waals surface area contributed by atoms with Crippen LogP contribution in [0.15, 0.2) is 18.2 Å². The fourth-order valence-corrected chi connectivity index (χ4v) is 1.43. The van der Waals surface area contributed by atoms with Gasteiger partial charge in [-0.2, -0.15) is 0 Å². The molecule has 0 aromatic heterocycles. The average Bonchev–Trinajstić information content (AvgIpc) is 2.35. The predicted octanol–water partition coefficient (Wildman–Crippen LogP) is 1.43. The van der Waals surface area contributed by atoms with Crippen molar-refractivity contribution in [1.29, 1.82) is 0 Å². The molecular formula is C12H14FNO4. The summed E-state index contributed by atoms with van der Waals surface area (Å²) < 4.78 is 18.0. The van der Waals surface area contributed by atoms with Crippen LogP contribution in [0, 0.1) is 5.82 Å². The SMILES string of the molecule is CC[C@@H](NC(=O)c1cc(F)ccc1OC)C(=O)O. The molecule has 0 spiro atoms. The number of aliphatic carboxylic acids is 1. The minimum absolute atomic E-state index is 0.0304. The van der Waals surface area contributed by atoms with Crippen molar-refractivity contribution in [1.82, 2.24) is 5.32 Å². The van der Waals surface area contributed by atoms with Crippen LogP contribution in [0.2, 0.25) is 0 Å². The quantitative estimate of drug-likeness (QED) is 0.834. The lowest BCUT2D eigenvalue weighted by atomic mass is 10.1. The minimum Gasteiger partial charge on any atom is -0.496 e. The summed E-state index contributed by atoms with van der Waals surface area (Å²) in [6.07, 6.45) is 0.235. The zero-order valence-corrected chi connectivity index (χ0v) is 10.1. The molecule has 6 heteroatoms. The van der Waals surface area contributed by atoms with E-state index in [9.17, 15) is 14.0 Å². The zero-order chi connectivity index (χ0) is 13.7. The highest BCUT2D eigenvalue weighted by atomic mass is 19.1. The van der Waals surface area contributed by atoms with Crippen LogP contribution in [-0.2, 0) is 4.79 Å². The topological polar surface area (TPSA) is 75.6 Å². The number of ether oxygens (including phenoxy) is 1. The van der Waals surface area contributed by atoms with Crippen LogP contribution in [0.4, 0.5) is 4.39 Å². The number of methoxy groups -OCH3 is 1. The number of carbonyl (C=O) groups excluding carboxylic acids is 1. The van der Waals surface area contributed by atoms with Crippen molar-refractivity contribution >= 4 is 11.9 Å². The molecule has 0 aliphatic carbocycles. The van der Waals surface area contributed by atoms with Crippen LogP contribution in [0.1, 0.15) is 23.7 Å². The van der Waals surface area contributed by atoms with E-state index in [-0.39, 0.29) is 17.7 Å². The Kier molecular flexibility index (Phi) is 4.65. The van der Waals surface area contributed by atoms with Gasteiger partial charge in [0.05, 0.1) is 12.7 Å². The molecule has 1 amide bonds. The number of benzene rings is 1. The van der Waals surface area contributed by atoms with Gasteiger partial charge in [-0.15, -0.1) is 0 Å². The van der Waals surface area contributed by atoms with Crippen LogP contribution in [0.25, 0.3) is 0 Å². The number of nitrogens with one attached hydrogen (secondary N) is 1. The first-order valence-electron chi connectivity index (χ1n) is 5.36. The molecule has 0 unspecified atom stereocenters. The largest absolute Gasteiger partial charge is 0.496 e. The standard InChI is InChI=1S/C12H14FNO4/c1-3-9(12(16)17)14-11(15)8-6-7(13)4-5-10(8)18-2/h4-6,9H,3H2,1-2H3,(H,14,15)(H,16,17)/t9-/m1/s1. The molecule has 0 saturated carbocycles. The lowest BCUT2D eigenvalue weighted by Crippen LogP contribution is -2.40. The molecule has 0 fully saturated rings. The van der Waals surface area contributed by atoms with Gasteiger partial charge in [-0.25, -0.2) is 9.18 Å². The summed E-state index contributed by atoms with van der Waals surface area (Å²) >= 11 is 0. The molecule has 1 aromatic carbocycles. The maximum atomic E-state index is 13.1. The van der Waals surface area contributed by atoms with Crippen LogP contribution in [-0.4, -0.2) is 30.1 Å². The number of rotatable bonds is 5. The van der Waals surface area contributed by atoms with Gasteiger partial charge in [0.1, 0.15) is 17.6 Å². The third-order valence-electron chi connectivity index (χ3n) is 2.42. The molecule has 1 rings (SSSR count). The molecular weight excluding hydrogens is 241 g/mol. The summed E-state index contributed by atoms with van der Waals surface area (Å²) in [5.41, 5.74) is -0.0304. The van der Waals surface area contributed by atoms with Crippen molar-refractivity contribution in [3.05, 3.63) is 29.6 Å². The fraction of sp³-hybridized carbons (Fsp3) is 0.333. The van der Waals surface area contributed by atoms with Gasteiger partial charge in [0.2, 0.25) is 0 Å². The Labute approximate surface area is 104 Å². The van der Waals surface area contributed by atoms with E-state index in [2.05, 4.69) is 5.32 Å². The maximum Gasteiger partial charge on any atom is 0.326 e. The number of carbonyl (C=O) groups is 2. The fourth-order valence-electron chi connectivity index (χ4n) is 1.43. The summed E-state index contributed by atoms with van der Waals surface area (Å²) in [7, 11) is 1.35. The molecule has 18 heavy (non-hydrogen) atoms. The van der Waals surface area contributed by atoms with Gasteiger partial charge in [-0.1, -0.05) is 6.92 Å². The minimum atomic E-state index is -1.14. The van der Waals surface area contributed by atoms with Crippen molar-refractivity contribution in [3.8, 4) is 5.75 Å². The molecule has 2 N–H and O–H groups in total. The van der Waals surface area contributed by atoms with Crippen LogP contribution in [0.3, 0.4) is 0 Å². The molecule has 0 bridgehead atoms. The molecule has 0 heterocycles. The summed E-state index contributed by atoms with van der Waals surface area (Å²) in [4.78, 5) is 22.6. The second kappa shape index (κ2) is 6.00. The van der Waals surface area contributed by atoms with Crippen molar-refractivity contribution < 1.29 is 23.8 Å². The zero-order valence-electron chi connectivity index (χ0n) is 10.1. The van der Waals surface area contributed by atoms with E-state index in [1.54, 1.807) is 6.92 Å². The van der Waals surface area contributed by atoms with Crippen molar-refractivity contribution in [2.75, 3.05) is 7.11 Å². The highest BCUT2D eigenvalue weighted by Gasteiger charge is 2.21. The first-order valence-corrected chi connectivity index (χ1v) is 5.36. The number of hydrogen-bond donors (Lipinski definition) is 2. The van der Waals surface area contributed by atoms with Gasteiger partial charge in [0.25, 0.3) is 5.91 Å². The Bertz CT molecular complexity index is 461. The number of carboxylic acid groups (broad SMARTS) is 1. The predicted molar refractivity (Wildman–Crippen MR) is 62.1 cm³/mol. The molecule has 0 saturated heterocycles. The summed E-state index contributed by atoms with van der Waals surface area (Å²) in [5, 5.41) is 11.1. The number of amides is 1. The number of carboxylic acids is 1. The highest BCUT2D eigenvalue weighted by molar-refractivity contribution is 5.98. The third-order valence-corrected chi connectivity index (χ3v) is 2.42. The molecule has 0 aliphatic heterocycles. The van der Waals surface area contributed by atoms with Gasteiger partial charge >= 0.3 is 5.97 Å². The van der Waals surface area contributed by atoms with Gasteiger partial charge in [-0.3, -0.25) is 4.79 Å². The van der Waals surface area contributed by atoms with E-state index in [1.165, 1.54) is 13.2 Å². The molecule has 0 aliphatic rings. The normalized spacial score (nSPS) is 11.7. The highest BCUT2D eigenvalue weighted by Crippen LogP contribution is 2.19. The third kappa shape index (κ3) is 3.19. The lowest BCUT2D eigenvalue weighted by Gasteiger charge is -2.14. The Morgan fingerprint density at radius 1 is 1.50 bits per heavy atom. The Morgan fingerprint density at radius 3 is 2.67 bits per heavy atom. The van der Waals surface area contributed by atoms with E-state index < -0.39 is 23.7 Å². The van der Waals surface area contributed by atoms with Crippen molar-refractivity contribution in [2.45, 2.75) is 19.4 Å². The van der Waals surface area contributed by atoms with Gasteiger partial charge in [0, 0.05) is 0 Å². The van der Waals surface area contributed by atoms with E-state index in [1.807, 2.05) is 0 Å². The first-order chi connectivity index (χ1) is 8.49. The summed E-state index contributed by atoms with van der Waals surface area (Å²) in [5.74, 6) is -2.22. The molecule has 1 aromatic rings.